The molecule has 1 aromatic carbocycles. The molecule has 6 nitrogen and oxygen atoms in total. The van der Waals surface area contributed by atoms with Crippen molar-refractivity contribution in [1.82, 2.24) is 4.98 Å². The Morgan fingerprint density at radius 2 is 2.11 bits per heavy atom. The topological polar surface area (TPSA) is 100 Å². The molecular formula is C12H8ClNO5. The van der Waals surface area contributed by atoms with Crippen LogP contribution < -0.4 is 5.76 Å². The van der Waals surface area contributed by atoms with Gasteiger partial charge in [-0.3, -0.25) is 14.6 Å². The Hall–Kier alpha value is -2.08. The van der Waals surface area contributed by atoms with E-state index < -0.39 is 23.6 Å². The van der Waals surface area contributed by atoms with Crippen LogP contribution in [0.1, 0.15) is 16.8 Å². The lowest BCUT2D eigenvalue weighted by molar-refractivity contribution is -0.138. The number of carboxylic acids is 1. The molecule has 1 aromatic heterocycles. The van der Waals surface area contributed by atoms with E-state index in [0.29, 0.717) is 11.9 Å². The normalized spacial score (nSPS) is 21.5. The number of H-pyrrole nitrogens is 1. The van der Waals surface area contributed by atoms with E-state index in [-0.39, 0.29) is 22.0 Å². The summed E-state index contributed by atoms with van der Waals surface area (Å²) in [4.78, 5) is 36.3. The molecule has 2 aromatic rings. The van der Waals surface area contributed by atoms with Crippen molar-refractivity contribution in [2.45, 2.75) is 6.42 Å². The van der Waals surface area contributed by atoms with Gasteiger partial charge in [0.05, 0.1) is 10.9 Å². The number of fused-ring (bicyclic) bond motifs is 1. The number of aromatic amines is 1. The maximum atomic E-state index is 12.1. The van der Waals surface area contributed by atoms with Gasteiger partial charge in [-0.1, -0.05) is 11.6 Å². The van der Waals surface area contributed by atoms with Gasteiger partial charge >= 0.3 is 11.7 Å². The maximum absolute atomic E-state index is 12.1. The first kappa shape index (κ1) is 12.0. The number of carbonyl (C=O) groups excluding carboxylic acids is 1. The molecule has 0 bridgehead atoms. The van der Waals surface area contributed by atoms with E-state index in [1.165, 1.54) is 12.1 Å². The van der Waals surface area contributed by atoms with Gasteiger partial charge in [0.25, 0.3) is 0 Å². The number of ketones is 1. The third-order valence-corrected chi connectivity index (χ3v) is 3.51. The number of aliphatic carboxylic acids is 1. The summed E-state index contributed by atoms with van der Waals surface area (Å²) in [5.41, 5.74) is 0.774. The molecule has 7 heteroatoms. The number of halogens is 1. The third kappa shape index (κ3) is 1.94. The molecule has 0 amide bonds. The highest BCUT2D eigenvalue weighted by Crippen LogP contribution is 2.41. The predicted octanol–water partition coefficient (Wildman–Crippen LogP) is 1.68. The van der Waals surface area contributed by atoms with Gasteiger partial charge in [0.1, 0.15) is 5.52 Å². The lowest BCUT2D eigenvalue weighted by Gasteiger charge is -2.00. The van der Waals surface area contributed by atoms with Gasteiger partial charge in [-0.2, -0.15) is 0 Å². The minimum atomic E-state index is -0.973. The number of hydrogen-bond acceptors (Lipinski definition) is 4. The van der Waals surface area contributed by atoms with E-state index in [4.69, 9.17) is 21.1 Å². The van der Waals surface area contributed by atoms with Crippen LogP contribution in [0, 0.1) is 11.8 Å². The van der Waals surface area contributed by atoms with Crippen LogP contribution in [0.5, 0.6) is 0 Å². The standard InChI is InChI=1S/C12H8ClNO5/c13-7-1-4(2-8-9(7)14-12(18)19-8)10(15)5-3-6(5)11(16)17/h1-2,5-6H,3H2,(H,14,18)(H,16,17). The summed E-state index contributed by atoms with van der Waals surface area (Å²) in [6, 6.07) is 2.81. The fraction of sp³-hybridized carbons (Fsp3) is 0.250. The first-order valence-corrected chi connectivity index (χ1v) is 5.94. The fourth-order valence-electron chi connectivity index (χ4n) is 2.12. The van der Waals surface area contributed by atoms with Crippen LogP contribution in [0.2, 0.25) is 5.02 Å². The maximum Gasteiger partial charge on any atom is 0.417 e. The molecule has 98 valence electrons. The second-order valence-corrected chi connectivity index (χ2v) is 4.90. The molecule has 1 heterocycles. The molecular weight excluding hydrogens is 274 g/mol. The number of Topliss-reactive ketones (excluding diaryl/α,β-unsaturated/α-hetero) is 1. The Labute approximate surface area is 111 Å². The quantitative estimate of drug-likeness (QED) is 0.834. The molecule has 1 saturated carbocycles. The summed E-state index contributed by atoms with van der Waals surface area (Å²) in [6.07, 6.45) is 0.334. The second-order valence-electron chi connectivity index (χ2n) is 4.50. The largest absolute Gasteiger partial charge is 0.481 e. The van der Waals surface area contributed by atoms with Crippen LogP contribution in [-0.2, 0) is 4.79 Å². The SMILES string of the molecule is O=C(O)C1CC1C(=O)c1cc(Cl)c2[nH]c(=O)oc2c1. The summed E-state index contributed by atoms with van der Waals surface area (Å²) in [7, 11) is 0. The number of carboxylic acid groups (broad SMARTS) is 1. The van der Waals surface area contributed by atoms with Crippen molar-refractivity contribution in [3.05, 3.63) is 33.3 Å². The van der Waals surface area contributed by atoms with E-state index in [2.05, 4.69) is 4.98 Å². The predicted molar refractivity (Wildman–Crippen MR) is 65.4 cm³/mol. The van der Waals surface area contributed by atoms with Crippen molar-refractivity contribution in [1.29, 1.82) is 0 Å². The summed E-state index contributed by atoms with van der Waals surface area (Å²) < 4.78 is 4.85. The third-order valence-electron chi connectivity index (χ3n) is 3.21. The minimum Gasteiger partial charge on any atom is -0.481 e. The number of carbonyl (C=O) groups is 2. The Balaban J connectivity index is 2.00. The molecule has 3 rings (SSSR count). The highest BCUT2D eigenvalue weighted by Gasteiger charge is 2.48. The number of hydrogen-bond donors (Lipinski definition) is 2. The van der Waals surface area contributed by atoms with Crippen molar-refractivity contribution in [2.75, 3.05) is 0 Å². The zero-order chi connectivity index (χ0) is 13.7. The van der Waals surface area contributed by atoms with E-state index >= 15 is 0 Å². The number of benzene rings is 1. The summed E-state index contributed by atoms with van der Waals surface area (Å²) >= 11 is 5.94. The van der Waals surface area contributed by atoms with Gasteiger partial charge in [-0.25, -0.2) is 4.79 Å². The molecule has 2 unspecified atom stereocenters. The van der Waals surface area contributed by atoms with Crippen LogP contribution in [0.3, 0.4) is 0 Å². The van der Waals surface area contributed by atoms with Crippen LogP contribution in [-0.4, -0.2) is 21.8 Å². The van der Waals surface area contributed by atoms with Crippen molar-refractivity contribution in [3.8, 4) is 0 Å². The van der Waals surface area contributed by atoms with Crippen molar-refractivity contribution in [2.24, 2.45) is 11.8 Å². The molecule has 0 radical (unpaired) electrons. The van der Waals surface area contributed by atoms with Gasteiger partial charge < -0.3 is 9.52 Å². The van der Waals surface area contributed by atoms with Gasteiger partial charge in [0.2, 0.25) is 0 Å². The molecule has 1 aliphatic carbocycles. The summed E-state index contributed by atoms with van der Waals surface area (Å²) in [5.74, 6) is -3.06. The molecule has 19 heavy (non-hydrogen) atoms. The summed E-state index contributed by atoms with van der Waals surface area (Å²) in [5, 5.41) is 9.00. The molecule has 0 saturated heterocycles. The van der Waals surface area contributed by atoms with Crippen LogP contribution in [0.4, 0.5) is 0 Å². The van der Waals surface area contributed by atoms with Crippen LogP contribution in [0.15, 0.2) is 21.3 Å². The molecule has 1 aliphatic rings. The monoisotopic (exact) mass is 281 g/mol. The smallest absolute Gasteiger partial charge is 0.417 e. The van der Waals surface area contributed by atoms with Crippen LogP contribution >= 0.6 is 11.6 Å². The van der Waals surface area contributed by atoms with Crippen molar-refractivity contribution in [3.63, 3.8) is 0 Å². The summed E-state index contributed by atoms with van der Waals surface area (Å²) in [6.45, 7) is 0. The average Bonchev–Trinajstić information content (AvgIpc) is 3.05. The van der Waals surface area contributed by atoms with Gasteiger partial charge in [-0.05, 0) is 18.6 Å². The van der Waals surface area contributed by atoms with Gasteiger partial charge in [-0.15, -0.1) is 0 Å². The molecule has 0 spiro atoms. The Kier molecular flexibility index (Phi) is 2.50. The van der Waals surface area contributed by atoms with E-state index in [0.717, 1.165) is 0 Å². The van der Waals surface area contributed by atoms with Crippen molar-refractivity contribution >= 4 is 34.5 Å². The molecule has 2 atom stereocenters. The highest BCUT2D eigenvalue weighted by molar-refractivity contribution is 6.35. The molecule has 0 aliphatic heterocycles. The number of aromatic nitrogens is 1. The lowest BCUT2D eigenvalue weighted by atomic mass is 10.1. The average molecular weight is 282 g/mol. The molecule has 2 N–H and O–H groups in total. The Bertz CT molecular complexity index is 759. The first-order chi connectivity index (χ1) is 8.97. The number of oxazole rings is 1. The second kappa shape index (κ2) is 3.96. The Morgan fingerprint density at radius 1 is 1.37 bits per heavy atom. The zero-order valence-electron chi connectivity index (χ0n) is 9.47. The van der Waals surface area contributed by atoms with E-state index in [9.17, 15) is 14.4 Å². The zero-order valence-corrected chi connectivity index (χ0v) is 10.2. The van der Waals surface area contributed by atoms with Gasteiger partial charge in [0.15, 0.2) is 11.4 Å². The number of nitrogens with one attached hydrogen (secondary N) is 1. The Morgan fingerprint density at radius 3 is 2.74 bits per heavy atom. The fourth-order valence-corrected chi connectivity index (χ4v) is 2.38. The van der Waals surface area contributed by atoms with Crippen molar-refractivity contribution < 1.29 is 19.1 Å². The first-order valence-electron chi connectivity index (χ1n) is 5.57. The number of rotatable bonds is 3. The van der Waals surface area contributed by atoms with Gasteiger partial charge in [0, 0.05) is 11.5 Å². The highest BCUT2D eigenvalue weighted by atomic mass is 35.5. The lowest BCUT2D eigenvalue weighted by Crippen LogP contribution is -2.08. The minimum absolute atomic E-state index is 0.188. The van der Waals surface area contributed by atoms with E-state index in [1.54, 1.807) is 0 Å². The molecule has 1 fully saturated rings. The van der Waals surface area contributed by atoms with E-state index in [1.807, 2.05) is 0 Å². The van der Waals surface area contributed by atoms with Crippen LogP contribution in [0.25, 0.3) is 11.1 Å².